The van der Waals surface area contributed by atoms with Crippen molar-refractivity contribution in [1.29, 1.82) is 0 Å². The predicted octanol–water partition coefficient (Wildman–Crippen LogP) is 5.45. The Kier molecular flexibility index (Phi) is 6.35. The minimum atomic E-state index is -0.895. The molecule has 166 valence electrons. The highest BCUT2D eigenvalue weighted by Crippen LogP contribution is 2.29. The first-order valence-corrected chi connectivity index (χ1v) is 10.5. The van der Waals surface area contributed by atoms with Gasteiger partial charge < -0.3 is 10.5 Å². The molecule has 0 aliphatic heterocycles. The van der Waals surface area contributed by atoms with E-state index in [9.17, 15) is 9.59 Å². The molecule has 0 atom stereocenters. The van der Waals surface area contributed by atoms with Gasteiger partial charge in [-0.25, -0.2) is 14.8 Å². The van der Waals surface area contributed by atoms with Crippen LogP contribution >= 0.6 is 23.2 Å². The van der Waals surface area contributed by atoms with Gasteiger partial charge in [0.05, 0.1) is 39.6 Å². The fourth-order valence-electron chi connectivity index (χ4n) is 3.33. The molecule has 0 bridgehead atoms. The molecule has 0 saturated heterocycles. The first-order chi connectivity index (χ1) is 15.9. The van der Waals surface area contributed by atoms with Crippen LogP contribution in [0, 0.1) is 0 Å². The van der Waals surface area contributed by atoms with Gasteiger partial charge in [0.2, 0.25) is 0 Å². The number of halogens is 2. The number of hydrogen-bond acceptors (Lipinski definition) is 4. The number of nitrogens with zero attached hydrogens (tertiary/aromatic N) is 2. The van der Waals surface area contributed by atoms with Gasteiger partial charge in [0.25, 0.3) is 5.91 Å². The average molecular weight is 481 g/mol. The third-order valence-corrected chi connectivity index (χ3v) is 5.66. The molecular weight excluding hydrogens is 463 g/mol. The Bertz CT molecular complexity index is 1380. The monoisotopic (exact) mass is 480 g/mol. The van der Waals surface area contributed by atoms with E-state index in [1.807, 2.05) is 30.3 Å². The lowest BCUT2D eigenvalue weighted by Crippen LogP contribution is -2.49. The number of pyridine rings is 1. The highest BCUT2D eigenvalue weighted by Gasteiger charge is 2.20. The molecule has 1 aromatic heterocycles. The molecule has 0 aliphatic rings. The number of amides is 3. The summed E-state index contributed by atoms with van der Waals surface area (Å²) in [6, 6.07) is 19.8. The SMILES string of the molecule is COc1cccc(-c2cc(C(=O)NN(C(N)=O)c3ccc(Cl)c(Cl)c3)c3ccccc3n2)c1. The van der Waals surface area contributed by atoms with Crippen molar-refractivity contribution in [3.05, 3.63) is 88.4 Å². The quantitative estimate of drug-likeness (QED) is 0.379. The van der Waals surface area contributed by atoms with E-state index >= 15 is 0 Å². The van der Waals surface area contributed by atoms with Gasteiger partial charge in [0.15, 0.2) is 0 Å². The standard InChI is InChI=1S/C24H18Cl2N4O3/c1-33-16-6-4-5-14(11-16)22-13-18(17-7-2-3-8-21(17)28-22)23(31)29-30(24(27)32)15-9-10-19(25)20(26)12-15/h2-13H,1H3,(H2,27,32)(H,29,31). The molecule has 3 aromatic carbocycles. The van der Waals surface area contributed by atoms with Crippen molar-refractivity contribution in [3.8, 4) is 17.0 Å². The van der Waals surface area contributed by atoms with Gasteiger partial charge in [-0.1, -0.05) is 53.5 Å². The molecular formula is C24H18Cl2N4O3. The normalized spacial score (nSPS) is 10.6. The number of hydrazine groups is 1. The number of fused-ring (bicyclic) bond motifs is 1. The Morgan fingerprint density at radius 2 is 1.76 bits per heavy atom. The zero-order valence-corrected chi connectivity index (χ0v) is 18.9. The molecule has 3 N–H and O–H groups in total. The highest BCUT2D eigenvalue weighted by molar-refractivity contribution is 6.42. The molecule has 0 saturated carbocycles. The Hall–Kier alpha value is -3.81. The second-order valence-electron chi connectivity index (χ2n) is 7.02. The number of benzene rings is 3. The number of rotatable bonds is 4. The van der Waals surface area contributed by atoms with Crippen molar-refractivity contribution in [2.75, 3.05) is 12.1 Å². The van der Waals surface area contributed by atoms with E-state index in [1.165, 1.54) is 18.2 Å². The van der Waals surface area contributed by atoms with Crippen LogP contribution < -0.4 is 20.9 Å². The van der Waals surface area contributed by atoms with Crippen LogP contribution in [0.25, 0.3) is 22.2 Å². The van der Waals surface area contributed by atoms with Gasteiger partial charge in [-0.15, -0.1) is 0 Å². The van der Waals surface area contributed by atoms with Crippen molar-refractivity contribution in [2.24, 2.45) is 5.73 Å². The number of anilines is 1. The number of methoxy groups -OCH3 is 1. The first kappa shape index (κ1) is 22.4. The van der Waals surface area contributed by atoms with Crippen LogP contribution in [0.3, 0.4) is 0 Å². The molecule has 1 heterocycles. The molecule has 4 rings (SSSR count). The Morgan fingerprint density at radius 3 is 2.48 bits per heavy atom. The number of aromatic nitrogens is 1. The maximum absolute atomic E-state index is 13.3. The molecule has 0 spiro atoms. The van der Waals surface area contributed by atoms with E-state index in [0.29, 0.717) is 32.9 Å². The van der Waals surface area contributed by atoms with E-state index in [2.05, 4.69) is 10.4 Å². The number of nitrogens with one attached hydrogen (secondary N) is 1. The zero-order valence-electron chi connectivity index (χ0n) is 17.4. The van der Waals surface area contributed by atoms with Gasteiger partial charge in [-0.05, 0) is 42.5 Å². The van der Waals surface area contributed by atoms with Gasteiger partial charge in [0, 0.05) is 10.9 Å². The molecule has 0 aliphatic carbocycles. The number of para-hydroxylation sites is 1. The molecule has 4 aromatic rings. The molecule has 0 radical (unpaired) electrons. The Morgan fingerprint density at radius 1 is 0.970 bits per heavy atom. The second kappa shape index (κ2) is 9.36. The summed E-state index contributed by atoms with van der Waals surface area (Å²) < 4.78 is 5.30. The van der Waals surface area contributed by atoms with Gasteiger partial charge in [-0.2, -0.15) is 0 Å². The Labute approximate surface area is 199 Å². The van der Waals surface area contributed by atoms with Crippen molar-refractivity contribution in [3.63, 3.8) is 0 Å². The third kappa shape index (κ3) is 4.69. The maximum atomic E-state index is 13.3. The summed E-state index contributed by atoms with van der Waals surface area (Å²) in [6.07, 6.45) is 0. The topological polar surface area (TPSA) is 97.5 Å². The van der Waals surface area contributed by atoms with Crippen LogP contribution in [0.4, 0.5) is 10.5 Å². The van der Waals surface area contributed by atoms with Crippen LogP contribution in [0.2, 0.25) is 10.0 Å². The third-order valence-electron chi connectivity index (χ3n) is 4.92. The van der Waals surface area contributed by atoms with Crippen molar-refractivity contribution >= 4 is 51.7 Å². The van der Waals surface area contributed by atoms with Gasteiger partial charge in [-0.3, -0.25) is 10.2 Å². The fraction of sp³-hybridized carbons (Fsp3) is 0.0417. The number of ether oxygens (including phenoxy) is 1. The summed E-state index contributed by atoms with van der Waals surface area (Å²) in [5.74, 6) is 0.107. The maximum Gasteiger partial charge on any atom is 0.338 e. The van der Waals surface area contributed by atoms with Crippen LogP contribution in [-0.4, -0.2) is 24.0 Å². The van der Waals surface area contributed by atoms with Crippen LogP contribution in [0.1, 0.15) is 10.4 Å². The van der Waals surface area contributed by atoms with Gasteiger partial charge >= 0.3 is 6.03 Å². The van der Waals surface area contributed by atoms with Crippen LogP contribution in [0.5, 0.6) is 5.75 Å². The summed E-state index contributed by atoms with van der Waals surface area (Å²) in [7, 11) is 1.58. The van der Waals surface area contributed by atoms with Crippen molar-refractivity contribution < 1.29 is 14.3 Å². The van der Waals surface area contributed by atoms with Crippen molar-refractivity contribution in [2.45, 2.75) is 0 Å². The lowest BCUT2D eigenvalue weighted by atomic mass is 10.0. The first-order valence-electron chi connectivity index (χ1n) is 9.77. The summed E-state index contributed by atoms with van der Waals surface area (Å²) in [6.45, 7) is 0. The number of urea groups is 1. The van der Waals surface area contributed by atoms with Crippen molar-refractivity contribution in [1.82, 2.24) is 10.4 Å². The highest BCUT2D eigenvalue weighted by atomic mass is 35.5. The largest absolute Gasteiger partial charge is 0.497 e. The summed E-state index contributed by atoms with van der Waals surface area (Å²) >= 11 is 12.0. The van der Waals surface area contributed by atoms with Gasteiger partial charge in [0.1, 0.15) is 5.75 Å². The van der Waals surface area contributed by atoms with E-state index < -0.39 is 11.9 Å². The molecule has 33 heavy (non-hydrogen) atoms. The van der Waals surface area contributed by atoms with E-state index in [-0.39, 0.29) is 10.7 Å². The summed E-state index contributed by atoms with van der Waals surface area (Å²) in [4.78, 5) is 30.1. The molecule has 0 fully saturated rings. The number of nitrogens with two attached hydrogens (primary N) is 1. The lowest BCUT2D eigenvalue weighted by Gasteiger charge is -2.22. The Balaban J connectivity index is 1.77. The lowest BCUT2D eigenvalue weighted by molar-refractivity contribution is 0.0952. The minimum Gasteiger partial charge on any atom is -0.497 e. The zero-order chi connectivity index (χ0) is 23.5. The van der Waals surface area contributed by atoms with Crippen LogP contribution in [-0.2, 0) is 0 Å². The number of carbonyl (C=O) groups is 2. The smallest absolute Gasteiger partial charge is 0.338 e. The fourth-order valence-corrected chi connectivity index (χ4v) is 3.62. The summed E-state index contributed by atoms with van der Waals surface area (Å²) in [5, 5.41) is 2.04. The van der Waals surface area contributed by atoms with E-state index in [4.69, 9.17) is 33.7 Å². The van der Waals surface area contributed by atoms with E-state index in [1.54, 1.807) is 31.4 Å². The molecule has 0 unspecified atom stereocenters. The summed E-state index contributed by atoms with van der Waals surface area (Å²) in [5.41, 5.74) is 10.6. The minimum absolute atomic E-state index is 0.212. The number of carbonyl (C=O) groups excluding carboxylic acids is 2. The van der Waals surface area contributed by atoms with Crippen LogP contribution in [0.15, 0.2) is 72.8 Å². The second-order valence-corrected chi connectivity index (χ2v) is 7.83. The molecule has 9 heteroatoms. The molecule has 7 nitrogen and oxygen atoms in total. The number of primary amides is 1. The predicted molar refractivity (Wildman–Crippen MR) is 130 cm³/mol. The number of hydrogen-bond donors (Lipinski definition) is 2. The molecule has 3 amide bonds. The average Bonchev–Trinajstić information content (AvgIpc) is 2.83. The van der Waals surface area contributed by atoms with E-state index in [0.717, 1.165) is 10.6 Å².